The molecule has 1 atom stereocenters. The van der Waals surface area contributed by atoms with Crippen LogP contribution in [0.15, 0.2) is 65.1 Å². The van der Waals surface area contributed by atoms with Crippen molar-refractivity contribution in [2.75, 3.05) is 19.0 Å². The fourth-order valence-electron chi connectivity index (χ4n) is 3.88. The van der Waals surface area contributed by atoms with Gasteiger partial charge in [0.1, 0.15) is 18.2 Å². The van der Waals surface area contributed by atoms with E-state index in [2.05, 4.69) is 16.9 Å². The maximum Gasteiger partial charge on any atom is 0.279 e. The summed E-state index contributed by atoms with van der Waals surface area (Å²) < 4.78 is 26.7. The largest absolute Gasteiger partial charge is 0.493 e. The molecule has 1 aliphatic heterocycles. The lowest BCUT2D eigenvalue weighted by molar-refractivity contribution is -0.116. The zero-order valence-corrected chi connectivity index (χ0v) is 19.7. The molecular weight excluding hydrogens is 457 g/mol. The average molecular weight is 482 g/mol. The van der Waals surface area contributed by atoms with Crippen LogP contribution in [-0.4, -0.2) is 29.2 Å². The number of amides is 1. The summed E-state index contributed by atoms with van der Waals surface area (Å²) in [7, 11) is 3.26. The third kappa shape index (κ3) is 4.70. The predicted molar refractivity (Wildman–Crippen MR) is 129 cm³/mol. The van der Waals surface area contributed by atoms with Crippen LogP contribution in [0.2, 0.25) is 0 Å². The van der Waals surface area contributed by atoms with Gasteiger partial charge in [-0.25, -0.2) is 4.39 Å². The van der Waals surface area contributed by atoms with Gasteiger partial charge in [-0.2, -0.15) is 4.98 Å². The van der Waals surface area contributed by atoms with Gasteiger partial charge in [-0.3, -0.25) is 9.59 Å². The number of carbonyl (C=O) groups excluding carboxylic acids is 1. The number of halogens is 1. The van der Waals surface area contributed by atoms with Gasteiger partial charge >= 0.3 is 0 Å². The van der Waals surface area contributed by atoms with Gasteiger partial charge < -0.3 is 19.4 Å². The van der Waals surface area contributed by atoms with E-state index in [-0.39, 0.29) is 18.1 Å². The Balaban J connectivity index is 1.70. The Labute approximate surface area is 200 Å². The zero-order chi connectivity index (χ0) is 24.2. The summed E-state index contributed by atoms with van der Waals surface area (Å²) in [5.41, 5.74) is 1.22. The van der Waals surface area contributed by atoms with Crippen molar-refractivity contribution in [1.29, 1.82) is 0 Å². The molecule has 0 fully saturated rings. The highest BCUT2D eigenvalue weighted by Crippen LogP contribution is 2.39. The van der Waals surface area contributed by atoms with E-state index in [9.17, 15) is 14.0 Å². The zero-order valence-electron chi connectivity index (χ0n) is 18.8. The highest BCUT2D eigenvalue weighted by molar-refractivity contribution is 7.98. The first kappa shape index (κ1) is 23.6. The molecule has 9 heteroatoms. The minimum absolute atomic E-state index is 0.0989. The van der Waals surface area contributed by atoms with Crippen molar-refractivity contribution in [2.24, 2.45) is 7.05 Å². The van der Waals surface area contributed by atoms with E-state index in [1.807, 2.05) is 6.07 Å². The molecule has 0 bridgehead atoms. The molecule has 2 heterocycles. The van der Waals surface area contributed by atoms with Crippen LogP contribution in [0.3, 0.4) is 0 Å². The van der Waals surface area contributed by atoms with Crippen molar-refractivity contribution in [3.8, 4) is 11.5 Å². The van der Waals surface area contributed by atoms with Crippen LogP contribution in [0.4, 0.5) is 10.2 Å². The molecule has 0 saturated heterocycles. The van der Waals surface area contributed by atoms with Gasteiger partial charge in [-0.15, -0.1) is 0 Å². The quantitative estimate of drug-likeness (QED) is 0.294. The van der Waals surface area contributed by atoms with Crippen LogP contribution in [0.1, 0.15) is 29.0 Å². The normalized spacial score (nSPS) is 14.8. The molecule has 1 N–H and O–H groups in total. The number of rotatable bonds is 8. The Morgan fingerprint density at radius 1 is 1.26 bits per heavy atom. The number of benzene rings is 2. The topological polar surface area (TPSA) is 82.5 Å². The van der Waals surface area contributed by atoms with Crippen molar-refractivity contribution in [3.63, 3.8) is 0 Å². The summed E-state index contributed by atoms with van der Waals surface area (Å²) in [5.74, 6) is 0.694. The number of anilines is 1. The Morgan fingerprint density at radius 2 is 2.06 bits per heavy atom. The van der Waals surface area contributed by atoms with Gasteiger partial charge in [0, 0.05) is 25.1 Å². The molecule has 0 aliphatic carbocycles. The van der Waals surface area contributed by atoms with E-state index in [0.717, 1.165) is 5.56 Å². The number of nitrogens with zero attached hydrogens (tertiary/aromatic N) is 2. The predicted octanol–water partition coefficient (Wildman–Crippen LogP) is 4.26. The molecular formula is C25H24FN3O4S. The fraction of sp³-hybridized carbons (Fsp3) is 0.240. The highest BCUT2D eigenvalue weighted by atomic mass is 32.2. The van der Waals surface area contributed by atoms with Crippen LogP contribution in [0.5, 0.6) is 11.5 Å². The first-order valence-corrected chi connectivity index (χ1v) is 11.6. The first-order chi connectivity index (χ1) is 16.4. The fourth-order valence-corrected chi connectivity index (χ4v) is 4.83. The summed E-state index contributed by atoms with van der Waals surface area (Å²) in [5, 5.41) is 3.20. The molecule has 0 radical (unpaired) electrons. The van der Waals surface area contributed by atoms with Crippen molar-refractivity contribution >= 4 is 23.5 Å². The van der Waals surface area contributed by atoms with Crippen molar-refractivity contribution < 1.29 is 18.7 Å². The van der Waals surface area contributed by atoms with Crippen LogP contribution in [0.25, 0.3) is 0 Å². The number of aromatic nitrogens is 2. The van der Waals surface area contributed by atoms with Gasteiger partial charge in [0.25, 0.3) is 5.56 Å². The van der Waals surface area contributed by atoms with Crippen molar-refractivity contribution in [2.45, 2.75) is 23.2 Å². The second kappa shape index (κ2) is 10.1. The Morgan fingerprint density at radius 3 is 2.79 bits per heavy atom. The van der Waals surface area contributed by atoms with Crippen LogP contribution in [-0.2, 0) is 17.6 Å². The second-order valence-corrected chi connectivity index (χ2v) is 8.66. The van der Waals surface area contributed by atoms with Crippen molar-refractivity contribution in [1.82, 2.24) is 9.55 Å². The Hall–Kier alpha value is -3.59. The molecule has 176 valence electrons. The second-order valence-electron chi connectivity index (χ2n) is 7.72. The number of carbonyl (C=O) groups is 1. The molecule has 4 rings (SSSR count). The van der Waals surface area contributed by atoms with Crippen LogP contribution >= 0.6 is 11.8 Å². The van der Waals surface area contributed by atoms with E-state index in [1.54, 1.807) is 48.0 Å². The van der Waals surface area contributed by atoms with Gasteiger partial charge in [-0.05, 0) is 29.3 Å². The molecule has 1 amide bonds. The number of thioether (sulfide) groups is 1. The Kier molecular flexibility index (Phi) is 7.02. The molecule has 2 aromatic carbocycles. The van der Waals surface area contributed by atoms with E-state index < -0.39 is 11.5 Å². The van der Waals surface area contributed by atoms with Gasteiger partial charge in [0.2, 0.25) is 5.91 Å². The molecule has 3 aromatic rings. The molecule has 34 heavy (non-hydrogen) atoms. The van der Waals surface area contributed by atoms with E-state index in [4.69, 9.17) is 9.47 Å². The van der Waals surface area contributed by atoms with Crippen LogP contribution in [0, 0.1) is 5.82 Å². The maximum absolute atomic E-state index is 14.0. The first-order valence-electron chi connectivity index (χ1n) is 10.6. The molecule has 0 saturated carbocycles. The summed E-state index contributed by atoms with van der Waals surface area (Å²) in [6.45, 7) is 3.96. The van der Waals surface area contributed by atoms with Crippen molar-refractivity contribution in [3.05, 3.63) is 88.0 Å². The lowest BCUT2D eigenvalue weighted by Gasteiger charge is -2.28. The lowest BCUT2D eigenvalue weighted by Crippen LogP contribution is -2.33. The summed E-state index contributed by atoms with van der Waals surface area (Å²) >= 11 is 1.23. The third-order valence-corrected chi connectivity index (χ3v) is 6.64. The highest BCUT2D eigenvalue weighted by Gasteiger charge is 2.32. The molecule has 1 aliphatic rings. The number of hydrogen-bond acceptors (Lipinski definition) is 6. The number of nitrogens with one attached hydrogen (secondary N) is 1. The van der Waals surface area contributed by atoms with E-state index in [1.165, 1.54) is 24.9 Å². The summed E-state index contributed by atoms with van der Waals surface area (Å²) in [4.78, 5) is 30.0. The smallest absolute Gasteiger partial charge is 0.279 e. The third-order valence-electron chi connectivity index (χ3n) is 5.56. The summed E-state index contributed by atoms with van der Waals surface area (Å²) in [6, 6.07) is 11.8. The van der Waals surface area contributed by atoms with E-state index >= 15 is 0 Å². The van der Waals surface area contributed by atoms with Gasteiger partial charge in [0.15, 0.2) is 16.7 Å². The molecule has 0 unspecified atom stereocenters. The minimum Gasteiger partial charge on any atom is -0.493 e. The maximum atomic E-state index is 14.0. The lowest BCUT2D eigenvalue weighted by atomic mass is 9.86. The van der Waals surface area contributed by atoms with Crippen LogP contribution < -0.4 is 20.3 Å². The van der Waals surface area contributed by atoms with E-state index in [0.29, 0.717) is 46.0 Å². The number of methoxy groups -OCH3 is 1. The SMILES string of the molecule is C=CCOc1ccc([C@@H]2CC(=O)Nc3c2c(=O)nc(SCc2ccccc2F)n3C)cc1OC. The molecule has 7 nitrogen and oxygen atoms in total. The number of ether oxygens (including phenoxy) is 2. The average Bonchev–Trinajstić information content (AvgIpc) is 2.84. The minimum atomic E-state index is -0.497. The Bertz CT molecular complexity index is 1310. The standard InChI is InChI=1S/C25H24FN3O4S/c1-4-11-33-19-10-9-15(12-20(19)32-3)17-13-21(30)27-23-22(17)24(31)28-25(29(23)2)34-14-16-7-5-6-8-18(16)26/h4-10,12,17H,1,11,13-14H2,2-3H3,(H,27,30)/t17-/m0/s1. The molecule has 0 spiro atoms. The molecule has 1 aromatic heterocycles. The number of fused-ring (bicyclic) bond motifs is 1. The van der Waals surface area contributed by atoms with Gasteiger partial charge in [0.05, 0.1) is 12.7 Å². The van der Waals surface area contributed by atoms with Gasteiger partial charge in [-0.1, -0.05) is 48.7 Å². The summed E-state index contributed by atoms with van der Waals surface area (Å²) in [6.07, 6.45) is 1.73. The monoisotopic (exact) mass is 481 g/mol. The number of hydrogen-bond donors (Lipinski definition) is 1.